The molecule has 0 radical (unpaired) electrons. The van der Waals surface area contributed by atoms with E-state index in [4.69, 9.17) is 4.74 Å². The van der Waals surface area contributed by atoms with Gasteiger partial charge in [-0.3, -0.25) is 14.7 Å². The summed E-state index contributed by atoms with van der Waals surface area (Å²) in [5, 5.41) is 13.0. The summed E-state index contributed by atoms with van der Waals surface area (Å²) in [5.41, 5.74) is 0.720. The van der Waals surface area contributed by atoms with Crippen LogP contribution in [0.15, 0.2) is 54.6 Å². The van der Waals surface area contributed by atoms with E-state index in [0.717, 1.165) is 24.8 Å². The molecule has 0 aliphatic rings. The molecule has 2 unspecified atom stereocenters. The van der Waals surface area contributed by atoms with E-state index >= 15 is 0 Å². The van der Waals surface area contributed by atoms with Crippen molar-refractivity contribution in [2.75, 3.05) is 7.11 Å². The smallest absolute Gasteiger partial charge is 0.408 e. The number of benzene rings is 2. The van der Waals surface area contributed by atoms with Gasteiger partial charge in [0.15, 0.2) is 5.78 Å². The Balaban J connectivity index is 2.13. The van der Waals surface area contributed by atoms with E-state index in [-0.39, 0.29) is 17.9 Å². The monoisotopic (exact) mass is 380 g/mol. The van der Waals surface area contributed by atoms with Gasteiger partial charge in [-0.25, -0.2) is 4.79 Å². The number of ether oxygens (including phenoxy) is 1. The van der Waals surface area contributed by atoms with Crippen LogP contribution in [-0.2, 0) is 20.4 Å². The predicted octanol–water partition coefficient (Wildman–Crippen LogP) is 3.35. The van der Waals surface area contributed by atoms with Crippen LogP contribution in [0.5, 0.6) is 0 Å². The highest BCUT2D eigenvalue weighted by atomic mass is 31.2. The van der Waals surface area contributed by atoms with E-state index in [9.17, 15) is 24.4 Å². The minimum atomic E-state index is -4.28. The van der Waals surface area contributed by atoms with Gasteiger partial charge < -0.3 is 19.5 Å². The zero-order chi connectivity index (χ0) is 19.2. The highest BCUT2D eigenvalue weighted by Gasteiger charge is 2.35. The number of nitrogens with zero attached hydrogens (tertiary/aromatic N) is 1. The summed E-state index contributed by atoms with van der Waals surface area (Å²) in [4.78, 5) is 32.1. The molecule has 0 bridgehead atoms. The Labute approximate surface area is 149 Å². The fraction of sp³-hybridized carbons (Fsp3) is 0.188. The Bertz CT molecular complexity index is 811. The van der Waals surface area contributed by atoms with Crippen molar-refractivity contribution in [3.63, 3.8) is 0 Å². The Morgan fingerprint density at radius 3 is 2.38 bits per heavy atom. The lowest BCUT2D eigenvalue weighted by Crippen LogP contribution is -2.29. The largest absolute Gasteiger partial charge is 0.445 e. The van der Waals surface area contributed by atoms with E-state index in [1.165, 1.54) is 12.1 Å². The molecular weight excluding hydrogens is 363 g/mol. The van der Waals surface area contributed by atoms with Crippen LogP contribution < -0.4 is 5.32 Å². The molecule has 0 spiro atoms. The number of nitro benzene ring substituents is 1. The first kappa shape index (κ1) is 19.6. The fourth-order valence-corrected chi connectivity index (χ4v) is 3.14. The molecule has 2 N–H and O–H groups in total. The zero-order valence-corrected chi connectivity index (χ0v) is 14.7. The third kappa shape index (κ3) is 5.13. The number of rotatable bonds is 7. The number of carbonyl (C=O) groups is 1. The molecule has 1 amide bonds. The van der Waals surface area contributed by atoms with Crippen molar-refractivity contribution in [2.24, 2.45) is 0 Å². The predicted molar refractivity (Wildman–Crippen MR) is 92.4 cm³/mol. The molecular formula is C16H17N2O7P. The SMILES string of the molecule is COP(=O)(O)C(NC(=O)OCc1ccccc1)c1ccc([N+](=O)[O-])cc1. The second kappa shape index (κ2) is 8.57. The van der Waals surface area contributed by atoms with Crippen LogP contribution >= 0.6 is 7.60 Å². The summed E-state index contributed by atoms with van der Waals surface area (Å²) >= 11 is 0. The topological polar surface area (TPSA) is 128 Å². The third-order valence-electron chi connectivity index (χ3n) is 3.47. The van der Waals surface area contributed by atoms with Crippen LogP contribution in [0, 0.1) is 10.1 Å². The van der Waals surface area contributed by atoms with Gasteiger partial charge in [0, 0.05) is 19.2 Å². The maximum absolute atomic E-state index is 12.2. The van der Waals surface area contributed by atoms with E-state index in [2.05, 4.69) is 9.84 Å². The van der Waals surface area contributed by atoms with Crippen molar-refractivity contribution in [3.05, 3.63) is 75.8 Å². The van der Waals surface area contributed by atoms with Gasteiger partial charge in [-0.2, -0.15) is 0 Å². The lowest BCUT2D eigenvalue weighted by atomic mass is 10.2. The van der Waals surface area contributed by atoms with Gasteiger partial charge in [0.2, 0.25) is 0 Å². The van der Waals surface area contributed by atoms with Crippen LogP contribution in [0.3, 0.4) is 0 Å². The molecule has 0 saturated carbocycles. The average Bonchev–Trinajstić information content (AvgIpc) is 2.65. The molecule has 0 aliphatic carbocycles. The van der Waals surface area contributed by atoms with Crippen molar-refractivity contribution in [1.82, 2.24) is 5.32 Å². The van der Waals surface area contributed by atoms with Crippen molar-refractivity contribution < 1.29 is 28.4 Å². The first-order valence-corrected chi connectivity index (χ1v) is 9.08. The Kier molecular flexibility index (Phi) is 6.46. The number of nitrogens with one attached hydrogen (secondary N) is 1. The highest BCUT2D eigenvalue weighted by Crippen LogP contribution is 2.54. The lowest BCUT2D eigenvalue weighted by molar-refractivity contribution is -0.384. The summed E-state index contributed by atoms with van der Waals surface area (Å²) < 4.78 is 21.9. The zero-order valence-electron chi connectivity index (χ0n) is 13.8. The molecule has 0 aliphatic heterocycles. The molecule has 0 saturated heterocycles. The Morgan fingerprint density at radius 1 is 1.23 bits per heavy atom. The normalized spacial score (nSPS) is 14.1. The molecule has 0 aromatic heterocycles. The number of hydrogen-bond donors (Lipinski definition) is 2. The number of nitro groups is 1. The minimum Gasteiger partial charge on any atom is -0.445 e. The van der Waals surface area contributed by atoms with Gasteiger partial charge >= 0.3 is 13.7 Å². The van der Waals surface area contributed by atoms with E-state index in [0.29, 0.717) is 0 Å². The summed E-state index contributed by atoms with van der Waals surface area (Å²) in [6.45, 7) is -0.0254. The van der Waals surface area contributed by atoms with Crippen LogP contribution in [0.2, 0.25) is 0 Å². The van der Waals surface area contributed by atoms with Gasteiger partial charge in [-0.15, -0.1) is 0 Å². The van der Waals surface area contributed by atoms with Crippen LogP contribution in [0.1, 0.15) is 16.9 Å². The molecule has 2 rings (SSSR count). The molecule has 2 aromatic rings. The van der Waals surface area contributed by atoms with Gasteiger partial charge in [0.1, 0.15) is 6.61 Å². The second-order valence-corrected chi connectivity index (χ2v) is 7.21. The summed E-state index contributed by atoms with van der Waals surface area (Å²) in [7, 11) is -3.25. The van der Waals surface area contributed by atoms with Crippen molar-refractivity contribution in [1.29, 1.82) is 0 Å². The molecule has 2 atom stereocenters. The van der Waals surface area contributed by atoms with Gasteiger partial charge in [-0.1, -0.05) is 30.3 Å². The number of hydrogen-bond acceptors (Lipinski definition) is 6. The standard InChI is InChI=1S/C16H17N2O7P/c1-24-26(22,23)15(13-7-9-14(10-8-13)18(20)21)17-16(19)25-11-12-5-3-2-4-6-12/h2-10,15H,11H2,1H3,(H,17,19)(H,22,23). The quantitative estimate of drug-likeness (QED) is 0.428. The molecule has 26 heavy (non-hydrogen) atoms. The van der Waals surface area contributed by atoms with Crippen LogP contribution in [-0.4, -0.2) is 23.0 Å². The maximum Gasteiger partial charge on any atom is 0.408 e. The molecule has 2 aromatic carbocycles. The number of non-ortho nitro benzene ring substituents is 1. The lowest BCUT2D eigenvalue weighted by Gasteiger charge is -2.22. The Morgan fingerprint density at radius 2 is 1.85 bits per heavy atom. The van der Waals surface area contributed by atoms with Gasteiger partial charge in [0.05, 0.1) is 4.92 Å². The number of alkyl carbamates (subject to hydrolysis) is 1. The van der Waals surface area contributed by atoms with Crippen LogP contribution in [0.4, 0.5) is 10.5 Å². The molecule has 138 valence electrons. The summed E-state index contributed by atoms with van der Waals surface area (Å²) in [6, 6.07) is 13.7. The summed E-state index contributed by atoms with van der Waals surface area (Å²) in [5.74, 6) is -1.43. The van der Waals surface area contributed by atoms with Crippen molar-refractivity contribution in [3.8, 4) is 0 Å². The Hall–Kier alpha value is -2.74. The van der Waals surface area contributed by atoms with Crippen LogP contribution in [0.25, 0.3) is 0 Å². The number of amides is 1. The van der Waals surface area contributed by atoms with Crippen molar-refractivity contribution in [2.45, 2.75) is 12.4 Å². The molecule has 0 fully saturated rings. The molecule has 9 nitrogen and oxygen atoms in total. The van der Waals surface area contributed by atoms with E-state index < -0.39 is 24.4 Å². The molecule has 0 heterocycles. The van der Waals surface area contributed by atoms with E-state index in [1.54, 1.807) is 24.3 Å². The fourth-order valence-electron chi connectivity index (χ4n) is 2.11. The minimum absolute atomic E-state index is 0.0254. The average molecular weight is 380 g/mol. The second-order valence-electron chi connectivity index (χ2n) is 5.20. The first-order chi connectivity index (χ1) is 12.3. The van der Waals surface area contributed by atoms with Gasteiger partial charge in [0.25, 0.3) is 5.69 Å². The van der Waals surface area contributed by atoms with E-state index in [1.807, 2.05) is 6.07 Å². The first-order valence-electron chi connectivity index (χ1n) is 7.43. The molecule has 10 heteroatoms. The van der Waals surface area contributed by atoms with Gasteiger partial charge in [-0.05, 0) is 23.3 Å². The van der Waals surface area contributed by atoms with Crippen molar-refractivity contribution >= 4 is 19.4 Å². The maximum atomic E-state index is 12.2. The highest BCUT2D eigenvalue weighted by molar-refractivity contribution is 7.53. The summed E-state index contributed by atoms with van der Waals surface area (Å²) in [6.07, 6.45) is -0.927. The number of carbonyl (C=O) groups excluding carboxylic acids is 1. The third-order valence-corrected chi connectivity index (χ3v) is 5.08.